The number of nitrogens with zero attached hydrogens (tertiary/aromatic N) is 4. The van der Waals surface area contributed by atoms with E-state index < -0.39 is 15.9 Å². The van der Waals surface area contributed by atoms with Gasteiger partial charge in [0.25, 0.3) is 11.5 Å². The Morgan fingerprint density at radius 1 is 1.09 bits per heavy atom. The van der Waals surface area contributed by atoms with Crippen LogP contribution in [0.15, 0.2) is 35.1 Å². The van der Waals surface area contributed by atoms with Crippen molar-refractivity contribution in [2.24, 2.45) is 0 Å². The van der Waals surface area contributed by atoms with E-state index in [1.807, 2.05) is 50.1 Å². The summed E-state index contributed by atoms with van der Waals surface area (Å²) in [7, 11) is -1.24. The number of benzene rings is 1. The Balaban J connectivity index is 1.33. The highest BCUT2D eigenvalue weighted by molar-refractivity contribution is 7.90. The van der Waals surface area contributed by atoms with Crippen LogP contribution in [0.25, 0.3) is 10.9 Å². The number of para-hydroxylation sites is 1. The zero-order valence-corrected chi connectivity index (χ0v) is 26.8. The zero-order chi connectivity index (χ0) is 31.5. The summed E-state index contributed by atoms with van der Waals surface area (Å²) in [5.41, 5.74) is 0.682. The summed E-state index contributed by atoms with van der Waals surface area (Å²) in [6.07, 6.45) is 3.90. The van der Waals surface area contributed by atoms with Crippen molar-refractivity contribution in [3.05, 3.63) is 46.2 Å². The monoisotopic (exact) mass is 617 g/mol. The molecule has 2 unspecified atom stereocenters. The maximum Gasteiger partial charge on any atom is 0.264 e. The summed E-state index contributed by atoms with van der Waals surface area (Å²) in [6.45, 7) is 7.30. The number of aliphatic hydroxyl groups excluding tert-OH is 1. The van der Waals surface area contributed by atoms with Crippen LogP contribution in [0.1, 0.15) is 62.9 Å². The van der Waals surface area contributed by atoms with Crippen LogP contribution in [0.5, 0.6) is 0 Å². The van der Waals surface area contributed by atoms with Crippen LogP contribution in [0.2, 0.25) is 0 Å². The van der Waals surface area contributed by atoms with E-state index in [2.05, 4.69) is 10.2 Å². The van der Waals surface area contributed by atoms with Gasteiger partial charge < -0.3 is 24.8 Å². The first kappa shape index (κ1) is 33.1. The van der Waals surface area contributed by atoms with Crippen molar-refractivity contribution in [3.63, 3.8) is 0 Å². The van der Waals surface area contributed by atoms with E-state index >= 15 is 0 Å². The van der Waals surface area contributed by atoms with Crippen LogP contribution < -0.4 is 10.9 Å². The first-order valence-corrected chi connectivity index (χ1v) is 17.3. The normalized spacial score (nSPS) is 21.4. The molecule has 0 radical (unpaired) electrons. The average molecular weight is 618 g/mol. The van der Waals surface area contributed by atoms with Gasteiger partial charge in [-0.15, -0.1) is 0 Å². The molecule has 2 amide bonds. The Labute approximate surface area is 254 Å². The van der Waals surface area contributed by atoms with Crippen molar-refractivity contribution in [3.8, 4) is 0 Å². The molecule has 4 atom stereocenters. The molecule has 2 aliphatic rings. The number of rotatable bonds is 13. The van der Waals surface area contributed by atoms with E-state index in [-0.39, 0.29) is 59.4 Å². The Hall–Kier alpha value is -2.80. The van der Waals surface area contributed by atoms with Crippen LogP contribution >= 0.6 is 0 Å². The van der Waals surface area contributed by atoms with E-state index in [9.17, 15) is 27.9 Å². The van der Waals surface area contributed by atoms with Gasteiger partial charge in [0.15, 0.2) is 0 Å². The van der Waals surface area contributed by atoms with Gasteiger partial charge in [0.1, 0.15) is 15.4 Å². The van der Waals surface area contributed by atoms with E-state index in [1.165, 1.54) is 13.2 Å². The number of carbonyl (C=O) groups is 2. The Bertz CT molecular complexity index is 1460. The van der Waals surface area contributed by atoms with Crippen LogP contribution in [0.3, 0.4) is 0 Å². The fourth-order valence-electron chi connectivity index (χ4n) is 6.57. The van der Waals surface area contributed by atoms with Gasteiger partial charge in [0.2, 0.25) is 5.91 Å². The third kappa shape index (κ3) is 8.43. The summed E-state index contributed by atoms with van der Waals surface area (Å²) in [6, 6.07) is 9.56. The summed E-state index contributed by atoms with van der Waals surface area (Å²) in [5, 5.41) is 15.0. The smallest absolute Gasteiger partial charge is 0.264 e. The highest BCUT2D eigenvalue weighted by atomic mass is 32.2. The molecular formula is C31H47N5O6S. The van der Waals surface area contributed by atoms with Gasteiger partial charge >= 0.3 is 0 Å². The van der Waals surface area contributed by atoms with Crippen molar-refractivity contribution in [1.29, 1.82) is 0 Å². The minimum atomic E-state index is -3.06. The van der Waals surface area contributed by atoms with Gasteiger partial charge in [-0.2, -0.15) is 0 Å². The van der Waals surface area contributed by atoms with Gasteiger partial charge in [0, 0.05) is 70.1 Å². The van der Waals surface area contributed by atoms with Gasteiger partial charge in [0.05, 0.1) is 17.4 Å². The van der Waals surface area contributed by atoms with Crippen molar-refractivity contribution < 1.29 is 23.1 Å². The molecule has 238 valence electrons. The maximum atomic E-state index is 13.4. The van der Waals surface area contributed by atoms with Crippen molar-refractivity contribution in [1.82, 2.24) is 24.6 Å². The molecule has 1 aromatic carbocycles. The molecule has 12 heteroatoms. The van der Waals surface area contributed by atoms with Crippen molar-refractivity contribution in [2.45, 2.75) is 76.7 Å². The van der Waals surface area contributed by atoms with Crippen molar-refractivity contribution in [2.75, 3.05) is 51.8 Å². The highest BCUT2D eigenvalue weighted by Crippen LogP contribution is 2.36. The summed E-state index contributed by atoms with van der Waals surface area (Å²) < 4.78 is 24.6. The first-order valence-electron chi connectivity index (χ1n) is 15.2. The predicted octanol–water partition coefficient (Wildman–Crippen LogP) is 1.49. The quantitative estimate of drug-likeness (QED) is 0.346. The number of hydrogen-bond acceptors (Lipinski definition) is 8. The maximum absolute atomic E-state index is 13.4. The van der Waals surface area contributed by atoms with Gasteiger partial charge in [-0.25, -0.2) is 8.42 Å². The standard InChI is InChI=1S/C31H47N5O6S/c1-21(2)36-29-9-7-6-8-23(29)16-28(31(36)40)30(39)32-24-17-25-10-11-26(18-24)35(25)20-27(38)19-34(22(3)37)13-12-33(4)14-15-43(5,41)42/h6-9,16,21,24-27,38H,10-15,17-20H2,1-5H3,(H,32,39)/t24?,25-,26+,27?. The summed E-state index contributed by atoms with van der Waals surface area (Å²) >= 11 is 0. The average Bonchev–Trinajstić information content (AvgIpc) is 3.14. The fourth-order valence-corrected chi connectivity index (χ4v) is 7.21. The molecule has 2 aromatic rings. The molecule has 4 rings (SSSR count). The topological polar surface area (TPSA) is 132 Å². The second kappa shape index (κ2) is 13.9. The lowest BCUT2D eigenvalue weighted by molar-refractivity contribution is -0.130. The van der Waals surface area contributed by atoms with Crippen LogP contribution in [-0.2, 0) is 14.6 Å². The largest absolute Gasteiger partial charge is 0.390 e. The van der Waals surface area contributed by atoms with Crippen LogP contribution in [0, 0.1) is 0 Å². The molecule has 2 bridgehead atoms. The van der Waals surface area contributed by atoms with Gasteiger partial charge in [-0.1, -0.05) is 18.2 Å². The molecule has 0 saturated carbocycles. The number of nitrogens with one attached hydrogen (secondary N) is 1. The minimum absolute atomic E-state index is 0.0592. The molecule has 3 heterocycles. The third-order valence-corrected chi connectivity index (χ3v) is 9.74. The van der Waals surface area contributed by atoms with E-state index in [4.69, 9.17) is 0 Å². The molecule has 2 saturated heterocycles. The SMILES string of the molecule is CC(=O)N(CCN(C)CCS(C)(=O)=O)CC(O)CN1[C@@H]2CC[C@H]1CC(NC(=O)c1cc3ccccc3n(C(C)C)c1=O)C2. The lowest BCUT2D eigenvalue weighted by Gasteiger charge is -2.40. The van der Waals surface area contributed by atoms with Crippen molar-refractivity contribution >= 4 is 32.6 Å². The summed E-state index contributed by atoms with van der Waals surface area (Å²) in [5.74, 6) is -0.421. The molecule has 2 fully saturated rings. The number of carbonyl (C=O) groups excluding carboxylic acids is 2. The fraction of sp³-hybridized carbons (Fsp3) is 0.645. The number of piperidine rings is 1. The number of pyridine rings is 1. The number of likely N-dealkylation sites (N-methyl/N-ethyl adjacent to an activating group) is 1. The molecule has 0 aliphatic carbocycles. The Morgan fingerprint density at radius 3 is 2.35 bits per heavy atom. The molecule has 2 N–H and O–H groups in total. The highest BCUT2D eigenvalue weighted by Gasteiger charge is 2.42. The van der Waals surface area contributed by atoms with Gasteiger partial charge in [-0.3, -0.25) is 19.3 Å². The number of sulfone groups is 1. The van der Waals surface area contributed by atoms with Gasteiger partial charge in [-0.05, 0) is 64.1 Å². The molecule has 2 aliphatic heterocycles. The summed E-state index contributed by atoms with van der Waals surface area (Å²) in [4.78, 5) is 44.8. The molecule has 1 aromatic heterocycles. The zero-order valence-electron chi connectivity index (χ0n) is 26.0. The number of amides is 2. The first-order chi connectivity index (χ1) is 20.2. The lowest BCUT2D eigenvalue weighted by Crippen LogP contribution is -2.54. The van der Waals surface area contributed by atoms with Crippen LogP contribution in [0.4, 0.5) is 0 Å². The Morgan fingerprint density at radius 2 is 1.74 bits per heavy atom. The molecule has 11 nitrogen and oxygen atoms in total. The number of aliphatic hydroxyl groups is 1. The molecular weight excluding hydrogens is 570 g/mol. The van der Waals surface area contributed by atoms with E-state index in [0.29, 0.717) is 26.2 Å². The van der Waals surface area contributed by atoms with Crippen LogP contribution in [-0.4, -0.2) is 121 Å². The minimum Gasteiger partial charge on any atom is -0.390 e. The number of hydrogen-bond donors (Lipinski definition) is 2. The third-order valence-electron chi connectivity index (χ3n) is 8.82. The number of fused-ring (bicyclic) bond motifs is 3. The number of aromatic nitrogens is 1. The Kier molecular flexibility index (Phi) is 10.7. The second-order valence-electron chi connectivity index (χ2n) is 12.7. The molecule has 0 spiro atoms. The van der Waals surface area contributed by atoms with E-state index in [1.54, 1.807) is 15.5 Å². The molecule has 43 heavy (non-hydrogen) atoms. The lowest BCUT2D eigenvalue weighted by atomic mass is 9.96. The predicted molar refractivity (Wildman–Crippen MR) is 168 cm³/mol. The second-order valence-corrected chi connectivity index (χ2v) is 14.9. The van der Waals surface area contributed by atoms with E-state index in [0.717, 1.165) is 36.6 Å².